The fourth-order valence-corrected chi connectivity index (χ4v) is 4.24. The van der Waals surface area contributed by atoms with Crippen LogP contribution in [0.5, 0.6) is 0 Å². The lowest BCUT2D eigenvalue weighted by molar-refractivity contribution is 0.569. The largest absolute Gasteiger partial charge is 0.357 e. The Bertz CT molecular complexity index is 838. The fourth-order valence-electron chi connectivity index (χ4n) is 2.63. The second-order valence-corrected chi connectivity index (χ2v) is 8.56. The molecule has 0 heterocycles. The lowest BCUT2D eigenvalue weighted by Crippen LogP contribution is -2.46. The van der Waals surface area contributed by atoms with E-state index in [0.29, 0.717) is 30.4 Å². The first-order valence-electron chi connectivity index (χ1n) is 9.32. The van der Waals surface area contributed by atoms with Gasteiger partial charge >= 0.3 is 0 Å². The van der Waals surface area contributed by atoms with E-state index in [9.17, 15) is 8.42 Å². The van der Waals surface area contributed by atoms with Gasteiger partial charge in [-0.15, -0.1) is 24.0 Å². The summed E-state index contributed by atoms with van der Waals surface area (Å²) in [4.78, 5) is 4.96. The van der Waals surface area contributed by atoms with Crippen molar-refractivity contribution >= 4 is 39.8 Å². The molecule has 0 saturated heterocycles. The van der Waals surface area contributed by atoms with Gasteiger partial charge in [-0.1, -0.05) is 55.0 Å². The molecule has 2 aromatic rings. The number of sulfone groups is 1. The number of hydrogen-bond donors (Lipinski definition) is 2. The van der Waals surface area contributed by atoms with Crippen molar-refractivity contribution in [3.8, 4) is 0 Å². The van der Waals surface area contributed by atoms with E-state index in [2.05, 4.69) is 46.8 Å². The molecule has 0 radical (unpaired) electrons. The van der Waals surface area contributed by atoms with Crippen LogP contribution in [0.1, 0.15) is 31.4 Å². The zero-order valence-electron chi connectivity index (χ0n) is 16.7. The average Bonchev–Trinajstić information content (AvgIpc) is 2.67. The van der Waals surface area contributed by atoms with Crippen molar-refractivity contribution in [1.82, 2.24) is 10.6 Å². The molecule has 154 valence electrons. The number of nitrogens with one attached hydrogen (secondary N) is 2. The Morgan fingerprint density at radius 1 is 1.04 bits per heavy atom. The van der Waals surface area contributed by atoms with Gasteiger partial charge in [0.05, 0.1) is 17.2 Å². The highest BCUT2D eigenvalue weighted by Gasteiger charge is 2.20. The Morgan fingerprint density at radius 3 is 2.25 bits per heavy atom. The minimum atomic E-state index is -3.35. The van der Waals surface area contributed by atoms with E-state index >= 15 is 0 Å². The Hall–Kier alpha value is -1.61. The predicted octanol–water partition coefficient (Wildman–Crippen LogP) is 3.92. The minimum Gasteiger partial charge on any atom is -0.357 e. The van der Waals surface area contributed by atoms with Crippen LogP contribution in [0.15, 0.2) is 64.5 Å². The maximum Gasteiger partial charge on any atom is 0.191 e. The number of hydrogen-bond acceptors (Lipinski definition) is 3. The Balaban J connectivity index is 0.00000392. The van der Waals surface area contributed by atoms with Crippen molar-refractivity contribution in [3.05, 3.63) is 65.7 Å². The smallest absolute Gasteiger partial charge is 0.191 e. The molecule has 0 saturated carbocycles. The molecule has 1 atom stereocenters. The molecule has 7 heteroatoms. The number of aliphatic imine (C=N–C) groups is 1. The van der Waals surface area contributed by atoms with Crippen LogP contribution < -0.4 is 10.6 Å². The number of halogens is 1. The SMILES string of the molecule is CCNC(=NCc1ccc(C)cc1)NC(CC)CS(=O)(=O)c1ccccc1.I. The van der Waals surface area contributed by atoms with Gasteiger partial charge in [-0.05, 0) is 38.0 Å². The van der Waals surface area contributed by atoms with Crippen LogP contribution in [0.4, 0.5) is 0 Å². The van der Waals surface area contributed by atoms with E-state index in [1.54, 1.807) is 24.3 Å². The highest BCUT2D eigenvalue weighted by molar-refractivity contribution is 14.0. The molecule has 0 aliphatic rings. The Labute approximate surface area is 186 Å². The standard InChI is InChI=1S/C21H29N3O2S.HI/c1-4-19(16-27(25,26)20-9-7-6-8-10-20)24-21(22-5-2)23-15-18-13-11-17(3)12-14-18;/h6-14,19H,4-5,15-16H2,1-3H3,(H2,22,23,24);1H. The maximum atomic E-state index is 12.7. The first-order chi connectivity index (χ1) is 12.9. The molecule has 0 spiro atoms. The van der Waals surface area contributed by atoms with E-state index in [4.69, 9.17) is 0 Å². The number of rotatable bonds is 8. The maximum absolute atomic E-state index is 12.7. The third-order valence-corrected chi connectivity index (χ3v) is 6.07. The quantitative estimate of drug-likeness (QED) is 0.318. The van der Waals surface area contributed by atoms with Crippen LogP contribution in [-0.2, 0) is 16.4 Å². The van der Waals surface area contributed by atoms with E-state index in [1.807, 2.05) is 19.9 Å². The third kappa shape index (κ3) is 7.79. The highest BCUT2D eigenvalue weighted by Crippen LogP contribution is 2.12. The summed E-state index contributed by atoms with van der Waals surface area (Å²) >= 11 is 0. The molecule has 0 aliphatic carbocycles. The molecule has 2 N–H and O–H groups in total. The fraction of sp³-hybridized carbons (Fsp3) is 0.381. The summed E-state index contributed by atoms with van der Waals surface area (Å²) in [5, 5.41) is 6.47. The van der Waals surface area contributed by atoms with Gasteiger partial charge in [-0.2, -0.15) is 0 Å². The van der Waals surface area contributed by atoms with Gasteiger partial charge in [-0.3, -0.25) is 0 Å². The molecule has 0 aliphatic heterocycles. The summed E-state index contributed by atoms with van der Waals surface area (Å²) in [5.41, 5.74) is 2.33. The zero-order valence-corrected chi connectivity index (χ0v) is 19.8. The molecular formula is C21H30IN3O2S. The van der Waals surface area contributed by atoms with Crippen LogP contribution in [-0.4, -0.2) is 32.7 Å². The van der Waals surface area contributed by atoms with Crippen molar-refractivity contribution in [2.24, 2.45) is 4.99 Å². The Morgan fingerprint density at radius 2 is 1.68 bits per heavy atom. The average molecular weight is 515 g/mol. The monoisotopic (exact) mass is 515 g/mol. The van der Waals surface area contributed by atoms with Crippen LogP contribution >= 0.6 is 24.0 Å². The number of nitrogens with zero attached hydrogens (tertiary/aromatic N) is 1. The summed E-state index contributed by atoms with van der Waals surface area (Å²) in [5.74, 6) is 0.663. The Kier molecular flexibility index (Phi) is 10.5. The van der Waals surface area contributed by atoms with Gasteiger partial charge in [0.25, 0.3) is 0 Å². The van der Waals surface area contributed by atoms with Crippen LogP contribution in [0.25, 0.3) is 0 Å². The van der Waals surface area contributed by atoms with E-state index in [-0.39, 0.29) is 35.8 Å². The normalized spacial score (nSPS) is 12.8. The lowest BCUT2D eigenvalue weighted by Gasteiger charge is -2.20. The van der Waals surface area contributed by atoms with Crippen LogP contribution in [0.3, 0.4) is 0 Å². The highest BCUT2D eigenvalue weighted by atomic mass is 127. The van der Waals surface area contributed by atoms with Gasteiger partial charge in [-0.25, -0.2) is 13.4 Å². The molecule has 2 aromatic carbocycles. The molecule has 0 aromatic heterocycles. The molecule has 28 heavy (non-hydrogen) atoms. The molecule has 0 amide bonds. The van der Waals surface area contributed by atoms with Crippen molar-refractivity contribution in [1.29, 1.82) is 0 Å². The van der Waals surface area contributed by atoms with Crippen molar-refractivity contribution in [2.45, 2.75) is 44.7 Å². The first-order valence-corrected chi connectivity index (χ1v) is 11.0. The van der Waals surface area contributed by atoms with Gasteiger partial charge in [0.15, 0.2) is 15.8 Å². The van der Waals surface area contributed by atoms with Gasteiger partial charge in [0, 0.05) is 12.6 Å². The van der Waals surface area contributed by atoms with Gasteiger partial charge in [0.1, 0.15) is 0 Å². The third-order valence-electron chi connectivity index (χ3n) is 4.24. The topological polar surface area (TPSA) is 70.6 Å². The molecule has 0 bridgehead atoms. The molecule has 2 rings (SSSR count). The van der Waals surface area contributed by atoms with Gasteiger partial charge < -0.3 is 10.6 Å². The predicted molar refractivity (Wildman–Crippen MR) is 127 cm³/mol. The van der Waals surface area contributed by atoms with Crippen LogP contribution in [0, 0.1) is 6.92 Å². The van der Waals surface area contributed by atoms with E-state index < -0.39 is 9.84 Å². The van der Waals surface area contributed by atoms with Crippen LogP contribution in [0.2, 0.25) is 0 Å². The number of aryl methyl sites for hydroxylation is 1. The summed E-state index contributed by atoms with van der Waals surface area (Å²) in [6.07, 6.45) is 0.682. The summed E-state index contributed by atoms with van der Waals surface area (Å²) in [6.45, 7) is 7.27. The van der Waals surface area contributed by atoms with Crippen molar-refractivity contribution < 1.29 is 8.42 Å². The second-order valence-electron chi connectivity index (χ2n) is 6.52. The van der Waals surface area contributed by atoms with Gasteiger partial charge in [0.2, 0.25) is 0 Å². The molecule has 0 fully saturated rings. The second kappa shape index (κ2) is 12.1. The minimum absolute atomic E-state index is 0. The van der Waals surface area contributed by atoms with Crippen molar-refractivity contribution in [2.75, 3.05) is 12.3 Å². The van der Waals surface area contributed by atoms with Crippen molar-refractivity contribution in [3.63, 3.8) is 0 Å². The number of guanidine groups is 1. The molecular weight excluding hydrogens is 485 g/mol. The lowest BCUT2D eigenvalue weighted by atomic mass is 10.1. The molecule has 1 unspecified atom stereocenters. The first kappa shape index (κ1) is 24.4. The van der Waals surface area contributed by atoms with E-state index in [1.165, 1.54) is 5.56 Å². The summed E-state index contributed by atoms with van der Waals surface area (Å²) in [7, 11) is -3.35. The summed E-state index contributed by atoms with van der Waals surface area (Å²) < 4.78 is 25.3. The van der Waals surface area contributed by atoms with E-state index in [0.717, 1.165) is 5.56 Å². The molecule has 5 nitrogen and oxygen atoms in total. The zero-order chi connectivity index (χ0) is 19.7. The summed E-state index contributed by atoms with van der Waals surface area (Å²) in [6, 6.07) is 16.6. The number of benzene rings is 2.